The highest BCUT2D eigenvalue weighted by Gasteiger charge is 2.13. The fourth-order valence-corrected chi connectivity index (χ4v) is 4.50. The van der Waals surface area contributed by atoms with E-state index in [2.05, 4.69) is 65.8 Å². The lowest BCUT2D eigenvalue weighted by atomic mass is 10.1. The van der Waals surface area contributed by atoms with Gasteiger partial charge in [0.05, 0.1) is 17.6 Å². The summed E-state index contributed by atoms with van der Waals surface area (Å²) in [7, 11) is 0. The van der Waals surface area contributed by atoms with Crippen molar-refractivity contribution in [1.29, 1.82) is 0 Å². The van der Waals surface area contributed by atoms with Crippen LogP contribution in [0, 0.1) is 13.8 Å². The van der Waals surface area contributed by atoms with Crippen LogP contribution >= 0.6 is 0 Å². The van der Waals surface area contributed by atoms with Gasteiger partial charge in [0.25, 0.3) is 0 Å². The normalized spacial score (nSPS) is 15.4. The lowest BCUT2D eigenvalue weighted by Crippen LogP contribution is -2.26. The Morgan fingerprint density at radius 3 is 2.57 bits per heavy atom. The molecule has 1 aromatic heterocycles. The van der Waals surface area contributed by atoms with Gasteiger partial charge in [0, 0.05) is 6.42 Å². The second-order valence-corrected chi connectivity index (χ2v) is 8.65. The summed E-state index contributed by atoms with van der Waals surface area (Å²) >= 11 is 0. The maximum atomic E-state index is 6.15. The third-order valence-electron chi connectivity index (χ3n) is 6.22. The van der Waals surface area contributed by atoms with Crippen LogP contribution in [-0.4, -0.2) is 40.7 Å². The van der Waals surface area contributed by atoms with E-state index in [-0.39, 0.29) is 0 Å². The zero-order valence-electron chi connectivity index (χ0n) is 18.6. The molecule has 160 valence electrons. The molecule has 1 fully saturated rings. The largest absolute Gasteiger partial charge is 0.491 e. The third-order valence-corrected chi connectivity index (χ3v) is 6.22. The number of aromatic nitrogens is 2. The summed E-state index contributed by atoms with van der Waals surface area (Å²) in [6.45, 7) is 9.41. The number of para-hydroxylation sites is 2. The van der Waals surface area contributed by atoms with Gasteiger partial charge in [-0.15, -0.1) is 0 Å². The minimum atomic E-state index is 0.657. The number of hydrogen-bond donors (Lipinski definition) is 0. The number of hydrogen-bond acceptors (Lipinski definition) is 3. The second-order valence-electron chi connectivity index (χ2n) is 8.65. The first kappa shape index (κ1) is 20.9. The molecule has 0 aliphatic carbocycles. The van der Waals surface area contributed by atoms with E-state index in [0.717, 1.165) is 24.2 Å². The predicted molar refractivity (Wildman–Crippen MR) is 124 cm³/mol. The maximum Gasteiger partial charge on any atom is 0.122 e. The molecule has 3 aromatic rings. The molecular weight excluding hydrogens is 370 g/mol. The Bertz CT molecular complexity index is 954. The van der Waals surface area contributed by atoms with Gasteiger partial charge < -0.3 is 14.2 Å². The van der Waals surface area contributed by atoms with Gasteiger partial charge in [-0.2, -0.15) is 0 Å². The van der Waals surface area contributed by atoms with Crippen LogP contribution in [-0.2, 0) is 13.0 Å². The second kappa shape index (κ2) is 10.1. The summed E-state index contributed by atoms with van der Waals surface area (Å²) in [5, 5.41) is 0. The average molecular weight is 406 g/mol. The van der Waals surface area contributed by atoms with Crippen LogP contribution < -0.4 is 4.74 Å². The number of ether oxygens (including phenoxy) is 1. The number of fused-ring (bicyclic) bond motifs is 1. The number of benzene rings is 2. The van der Waals surface area contributed by atoms with Crippen LogP contribution in [0.2, 0.25) is 0 Å². The van der Waals surface area contributed by atoms with Gasteiger partial charge in [0.2, 0.25) is 0 Å². The van der Waals surface area contributed by atoms with E-state index in [1.54, 1.807) is 0 Å². The maximum absolute atomic E-state index is 6.15. The van der Waals surface area contributed by atoms with E-state index < -0.39 is 0 Å². The highest BCUT2D eigenvalue weighted by atomic mass is 16.5. The molecule has 4 nitrogen and oxygen atoms in total. The van der Waals surface area contributed by atoms with Gasteiger partial charge >= 0.3 is 0 Å². The van der Waals surface area contributed by atoms with Crippen molar-refractivity contribution in [3.05, 3.63) is 59.4 Å². The molecule has 0 unspecified atom stereocenters. The van der Waals surface area contributed by atoms with E-state index in [0.29, 0.717) is 6.61 Å². The summed E-state index contributed by atoms with van der Waals surface area (Å²) in [5.41, 5.74) is 4.73. The highest BCUT2D eigenvalue weighted by molar-refractivity contribution is 5.75. The molecule has 4 rings (SSSR count). The zero-order valence-corrected chi connectivity index (χ0v) is 18.6. The monoisotopic (exact) mass is 405 g/mol. The van der Waals surface area contributed by atoms with Gasteiger partial charge in [-0.1, -0.05) is 37.1 Å². The van der Waals surface area contributed by atoms with Crippen molar-refractivity contribution in [1.82, 2.24) is 14.5 Å². The van der Waals surface area contributed by atoms with E-state index in [1.807, 2.05) is 0 Å². The highest BCUT2D eigenvalue weighted by Crippen LogP contribution is 2.21. The van der Waals surface area contributed by atoms with Crippen molar-refractivity contribution in [3.8, 4) is 5.75 Å². The minimum Gasteiger partial charge on any atom is -0.491 e. The van der Waals surface area contributed by atoms with E-state index in [1.165, 1.54) is 74.2 Å². The van der Waals surface area contributed by atoms with Crippen LogP contribution in [0.3, 0.4) is 0 Å². The number of imidazole rings is 1. The molecule has 2 heterocycles. The zero-order chi connectivity index (χ0) is 20.8. The molecule has 1 aliphatic heterocycles. The summed E-state index contributed by atoms with van der Waals surface area (Å²) in [5.74, 6) is 2.18. The molecule has 1 aliphatic rings. The Morgan fingerprint density at radius 2 is 1.73 bits per heavy atom. The average Bonchev–Trinajstić information content (AvgIpc) is 2.90. The van der Waals surface area contributed by atoms with Gasteiger partial charge in [-0.3, -0.25) is 0 Å². The molecule has 30 heavy (non-hydrogen) atoms. The Hall–Kier alpha value is -2.33. The fourth-order valence-electron chi connectivity index (χ4n) is 4.50. The Balaban J connectivity index is 1.41. The minimum absolute atomic E-state index is 0.657. The molecule has 0 spiro atoms. The number of aryl methyl sites for hydroxylation is 3. The molecule has 0 N–H and O–H groups in total. The summed E-state index contributed by atoms with van der Waals surface area (Å²) in [6, 6.07) is 14.9. The number of rotatable bonds is 8. The van der Waals surface area contributed by atoms with Crippen molar-refractivity contribution in [3.63, 3.8) is 0 Å². The number of nitrogens with zero attached hydrogens (tertiary/aromatic N) is 3. The molecule has 0 bridgehead atoms. The molecule has 0 saturated carbocycles. The Labute approximate surface area is 180 Å². The Morgan fingerprint density at radius 1 is 0.933 bits per heavy atom. The van der Waals surface area contributed by atoms with Gasteiger partial charge in [0.1, 0.15) is 18.2 Å². The lowest BCUT2D eigenvalue weighted by molar-refractivity contribution is 0.278. The summed E-state index contributed by atoms with van der Waals surface area (Å²) in [6.07, 6.45) is 7.69. The van der Waals surface area contributed by atoms with E-state index >= 15 is 0 Å². The molecule has 1 saturated heterocycles. The SMILES string of the molecule is Cc1ccc(C)c(OCCn2c(CCCN3CCCCCC3)nc3ccccc32)c1. The Kier molecular flexibility index (Phi) is 7.06. The first-order valence-corrected chi connectivity index (χ1v) is 11.6. The quantitative estimate of drug-likeness (QED) is 0.493. The van der Waals surface area contributed by atoms with Crippen molar-refractivity contribution in [2.24, 2.45) is 0 Å². The lowest BCUT2D eigenvalue weighted by Gasteiger charge is -2.19. The molecule has 0 atom stereocenters. The van der Waals surface area contributed by atoms with Crippen LogP contribution in [0.25, 0.3) is 11.0 Å². The van der Waals surface area contributed by atoms with Gasteiger partial charge in [-0.25, -0.2) is 4.98 Å². The molecule has 4 heteroatoms. The molecule has 0 radical (unpaired) electrons. The van der Waals surface area contributed by atoms with Crippen LogP contribution in [0.4, 0.5) is 0 Å². The van der Waals surface area contributed by atoms with E-state index in [4.69, 9.17) is 9.72 Å². The molecule has 0 amide bonds. The topological polar surface area (TPSA) is 30.3 Å². The van der Waals surface area contributed by atoms with Crippen LogP contribution in [0.15, 0.2) is 42.5 Å². The van der Waals surface area contributed by atoms with Crippen molar-refractivity contribution < 1.29 is 4.74 Å². The standard InChI is InChI=1S/C26H35N3O/c1-21-13-14-22(2)25(20-21)30-19-18-29-24-11-6-5-10-23(24)27-26(29)12-9-17-28-15-7-3-4-8-16-28/h5-6,10-11,13-14,20H,3-4,7-9,12,15-19H2,1-2H3. The van der Waals surface area contributed by atoms with Crippen molar-refractivity contribution in [2.75, 3.05) is 26.2 Å². The van der Waals surface area contributed by atoms with Gasteiger partial charge in [-0.05, 0) is 82.1 Å². The van der Waals surface area contributed by atoms with Crippen LogP contribution in [0.1, 0.15) is 49.1 Å². The third kappa shape index (κ3) is 5.23. The predicted octanol–water partition coefficient (Wildman–Crippen LogP) is 5.54. The first-order chi connectivity index (χ1) is 14.7. The summed E-state index contributed by atoms with van der Waals surface area (Å²) < 4.78 is 8.52. The van der Waals surface area contributed by atoms with Crippen molar-refractivity contribution in [2.45, 2.75) is 58.9 Å². The fraction of sp³-hybridized carbons (Fsp3) is 0.500. The smallest absolute Gasteiger partial charge is 0.122 e. The van der Waals surface area contributed by atoms with Crippen molar-refractivity contribution >= 4 is 11.0 Å². The summed E-state index contributed by atoms with van der Waals surface area (Å²) in [4.78, 5) is 7.60. The van der Waals surface area contributed by atoms with Gasteiger partial charge in [0.15, 0.2) is 0 Å². The molecular formula is C26H35N3O. The first-order valence-electron chi connectivity index (χ1n) is 11.6. The van der Waals surface area contributed by atoms with E-state index in [9.17, 15) is 0 Å². The number of likely N-dealkylation sites (tertiary alicyclic amines) is 1. The molecule has 2 aromatic carbocycles. The van der Waals surface area contributed by atoms with Crippen LogP contribution in [0.5, 0.6) is 5.75 Å².